The third kappa shape index (κ3) is 16.3. The van der Waals surface area contributed by atoms with Crippen LogP contribution in [0.25, 0.3) is 11.1 Å². The first-order valence-electron chi connectivity index (χ1n) is 20.5. The van der Waals surface area contributed by atoms with Crippen molar-refractivity contribution in [2.45, 2.75) is 118 Å². The zero-order valence-electron chi connectivity index (χ0n) is 38.1. The minimum Gasteiger partial charge on any atom is -0.444 e. The number of rotatable bonds is 4. The summed E-state index contributed by atoms with van der Waals surface area (Å²) >= 11 is 6.64. The van der Waals surface area contributed by atoms with Crippen LogP contribution >= 0.6 is 11.6 Å². The minimum atomic E-state index is -0.888. The molecule has 0 radical (unpaired) electrons. The van der Waals surface area contributed by atoms with Gasteiger partial charge in [0, 0.05) is 26.2 Å². The van der Waals surface area contributed by atoms with Gasteiger partial charge in [0.2, 0.25) is 11.9 Å². The Bertz CT molecular complexity index is 2210. The quantitative estimate of drug-likeness (QED) is 0.151. The highest BCUT2D eigenvalue weighted by atomic mass is 35.5. The molecule has 2 aromatic carbocycles. The van der Waals surface area contributed by atoms with Crippen LogP contribution in [0.2, 0.25) is 5.02 Å². The van der Waals surface area contributed by atoms with Gasteiger partial charge in [-0.25, -0.2) is 23.6 Å². The maximum Gasteiger partial charge on any atom is 0.437 e. The van der Waals surface area contributed by atoms with E-state index in [4.69, 9.17) is 30.5 Å². The van der Waals surface area contributed by atoms with E-state index in [9.17, 15) is 24.0 Å². The molecule has 2 aromatic rings. The summed E-state index contributed by atoms with van der Waals surface area (Å²) in [7, 11) is 0. The van der Waals surface area contributed by atoms with E-state index < -0.39 is 58.5 Å². The van der Waals surface area contributed by atoms with E-state index in [1.165, 1.54) is 12.1 Å². The molecule has 2 heterocycles. The summed E-state index contributed by atoms with van der Waals surface area (Å²) in [4.78, 5) is 75.1. The first kappa shape index (κ1) is 49.7. The average molecular weight is 896 g/mol. The van der Waals surface area contributed by atoms with Gasteiger partial charge in [-0.05, 0) is 142 Å². The van der Waals surface area contributed by atoms with E-state index in [0.717, 1.165) is 16.7 Å². The zero-order chi connectivity index (χ0) is 47.1. The van der Waals surface area contributed by atoms with Crippen LogP contribution in [0.15, 0.2) is 58.5 Å². The van der Waals surface area contributed by atoms with Gasteiger partial charge in [0.25, 0.3) is 5.91 Å². The molecule has 0 bridgehead atoms. The van der Waals surface area contributed by atoms with Crippen molar-refractivity contribution in [2.24, 2.45) is 9.98 Å². The number of amides is 5. The van der Waals surface area contributed by atoms with Crippen LogP contribution in [0.3, 0.4) is 0 Å². The van der Waals surface area contributed by atoms with E-state index in [1.54, 1.807) is 117 Å². The summed E-state index contributed by atoms with van der Waals surface area (Å²) in [5.41, 5.74) is -0.0438. The van der Waals surface area contributed by atoms with Crippen molar-refractivity contribution in [1.82, 2.24) is 20.4 Å². The fourth-order valence-electron chi connectivity index (χ4n) is 6.04. The number of guanidine groups is 2. The number of carbonyl (C=O) groups is 5. The molecule has 63 heavy (non-hydrogen) atoms. The molecule has 5 amide bonds. The van der Waals surface area contributed by atoms with Crippen LogP contribution in [-0.2, 0) is 18.9 Å². The first-order chi connectivity index (χ1) is 29.0. The summed E-state index contributed by atoms with van der Waals surface area (Å²) in [6.07, 6.45) is 1.28. The molecule has 0 fully saturated rings. The Hall–Kier alpha value is -5.97. The van der Waals surface area contributed by atoms with E-state index >= 15 is 4.39 Å². The Balaban J connectivity index is 1.43. The van der Waals surface area contributed by atoms with Crippen molar-refractivity contribution in [2.75, 3.05) is 31.5 Å². The monoisotopic (exact) mass is 895 g/mol. The average Bonchev–Trinajstić information content (AvgIpc) is 3.12. The minimum absolute atomic E-state index is 0.0161. The van der Waals surface area contributed by atoms with Crippen molar-refractivity contribution >= 4 is 70.6 Å². The second-order valence-electron chi connectivity index (χ2n) is 18.8. The number of nitrogens with zero attached hydrogens (tertiary/aromatic N) is 4. The molecule has 0 unspecified atom stereocenters. The van der Waals surface area contributed by atoms with Gasteiger partial charge in [-0.3, -0.25) is 15.4 Å². The number of carbonyl (C=O) groups excluding carboxylic acids is 5. The summed E-state index contributed by atoms with van der Waals surface area (Å²) in [6.45, 7) is 21.7. The van der Waals surface area contributed by atoms with Crippen LogP contribution in [0, 0.1) is 5.82 Å². The highest BCUT2D eigenvalue weighted by Gasteiger charge is 2.27. The van der Waals surface area contributed by atoms with E-state index in [2.05, 4.69) is 25.9 Å². The number of ether oxygens (including phenoxy) is 4. The number of hydrogen-bond acceptors (Lipinski definition) is 9. The highest BCUT2D eigenvalue weighted by Crippen LogP contribution is 2.31. The lowest BCUT2D eigenvalue weighted by atomic mass is 9.98. The fraction of sp³-hybridized carbons (Fsp3) is 0.489. The predicted octanol–water partition coefficient (Wildman–Crippen LogP) is 9.54. The van der Waals surface area contributed by atoms with Crippen LogP contribution in [-0.4, -0.2) is 101 Å². The van der Waals surface area contributed by atoms with Gasteiger partial charge in [0.15, 0.2) is 0 Å². The molecule has 4 rings (SSSR count). The SMILES string of the molecule is CC(C)(C)OC(=O)/N=C(\NC(=O)OC(C)(C)C)N1CC=C(c2ccc(C(=O)Nc3ccc(C4=CCN(/C(=N/C(=O)OC(C)(C)C)NC(=O)OC(C)(C)C)CC4)cc3Cl)c(F)c2)CC1. The number of alkyl carbamates (subject to hydrolysis) is 2. The van der Waals surface area contributed by atoms with Crippen LogP contribution in [0.5, 0.6) is 0 Å². The molecule has 0 aromatic heterocycles. The molecule has 3 N–H and O–H groups in total. The Morgan fingerprint density at radius 2 is 1.03 bits per heavy atom. The number of nitrogens with one attached hydrogen (secondary N) is 3. The second kappa shape index (κ2) is 20.0. The molecule has 0 spiro atoms. The largest absolute Gasteiger partial charge is 0.444 e. The van der Waals surface area contributed by atoms with Crippen molar-refractivity contribution in [3.63, 3.8) is 0 Å². The molecule has 342 valence electrons. The number of benzene rings is 2. The Labute approximate surface area is 373 Å². The van der Waals surface area contributed by atoms with Gasteiger partial charge in [-0.15, -0.1) is 9.98 Å². The van der Waals surface area contributed by atoms with Gasteiger partial charge in [-0.1, -0.05) is 35.9 Å². The molecule has 2 aliphatic rings. The molecular weight excluding hydrogens is 837 g/mol. The lowest BCUT2D eigenvalue weighted by Crippen LogP contribution is -2.48. The van der Waals surface area contributed by atoms with E-state index in [-0.39, 0.29) is 41.3 Å². The zero-order valence-corrected chi connectivity index (χ0v) is 38.8. The molecule has 0 atom stereocenters. The standard InChI is InChI=1S/C45H59ClFN7O9/c1-42(2,3)60-38(56)49-36(50-39(57)61-43(4,5)6)53-21-17-27(18-22-53)29-14-16-34(32(46)25-29)48-35(55)31-15-13-30(26-33(31)47)28-19-23-54(24-20-28)37(51-40(58)62-44(7,8)9)52-41(59)63-45(10,11)12/h13-17,19,25-26H,18,20-24H2,1-12H3,(H,48,55)(H,49,50,56,57)(H,51,52,58,59). The summed E-state index contributed by atoms with van der Waals surface area (Å²) in [6, 6.07) is 9.42. The van der Waals surface area contributed by atoms with Crippen LogP contribution in [0.4, 0.5) is 29.3 Å². The van der Waals surface area contributed by atoms with Gasteiger partial charge in [0.1, 0.15) is 28.2 Å². The number of hydrogen-bond donors (Lipinski definition) is 3. The maximum absolute atomic E-state index is 15.6. The summed E-state index contributed by atoms with van der Waals surface area (Å²) in [5, 5.41) is 8.05. The van der Waals surface area contributed by atoms with E-state index in [0.29, 0.717) is 31.5 Å². The molecule has 18 heteroatoms. The lowest BCUT2D eigenvalue weighted by molar-refractivity contribution is 0.0536. The molecule has 0 saturated carbocycles. The number of aliphatic imine (C=N–C) groups is 2. The number of anilines is 1. The van der Waals surface area contributed by atoms with Gasteiger partial charge >= 0.3 is 24.4 Å². The molecular formula is C45H59ClFN7O9. The predicted molar refractivity (Wildman–Crippen MR) is 240 cm³/mol. The molecule has 0 aliphatic carbocycles. The topological polar surface area (TPSA) is 190 Å². The van der Waals surface area contributed by atoms with Crippen molar-refractivity contribution in [1.29, 1.82) is 0 Å². The van der Waals surface area contributed by atoms with Gasteiger partial charge < -0.3 is 34.1 Å². The van der Waals surface area contributed by atoms with Gasteiger partial charge in [0.05, 0.1) is 16.3 Å². The van der Waals surface area contributed by atoms with Gasteiger partial charge in [-0.2, -0.15) is 0 Å². The fourth-order valence-corrected chi connectivity index (χ4v) is 6.27. The van der Waals surface area contributed by atoms with Crippen LogP contribution in [0.1, 0.15) is 117 Å². The summed E-state index contributed by atoms with van der Waals surface area (Å²) < 4.78 is 37.0. The van der Waals surface area contributed by atoms with Crippen molar-refractivity contribution in [3.05, 3.63) is 76.1 Å². The second-order valence-corrected chi connectivity index (χ2v) is 19.2. The van der Waals surface area contributed by atoms with Crippen molar-refractivity contribution < 1.29 is 47.3 Å². The Morgan fingerprint density at radius 1 is 0.619 bits per heavy atom. The lowest BCUT2D eigenvalue weighted by Gasteiger charge is -2.30. The Kier molecular flexibility index (Phi) is 15.8. The third-order valence-electron chi connectivity index (χ3n) is 8.60. The smallest absolute Gasteiger partial charge is 0.437 e. The maximum atomic E-state index is 15.6. The third-order valence-corrected chi connectivity index (χ3v) is 8.91. The normalized spacial score (nSPS) is 15.4. The number of halogens is 2. The van der Waals surface area contributed by atoms with E-state index in [1.807, 2.05) is 12.2 Å². The molecule has 0 saturated heterocycles. The van der Waals surface area contributed by atoms with Crippen LogP contribution < -0.4 is 16.0 Å². The molecule has 16 nitrogen and oxygen atoms in total. The summed E-state index contributed by atoms with van der Waals surface area (Å²) in [5.74, 6) is -1.51. The first-order valence-corrected chi connectivity index (χ1v) is 20.8. The van der Waals surface area contributed by atoms with Crippen molar-refractivity contribution in [3.8, 4) is 0 Å². The molecule has 2 aliphatic heterocycles. The highest BCUT2D eigenvalue weighted by molar-refractivity contribution is 6.34. The Morgan fingerprint density at radius 3 is 1.40 bits per heavy atom.